The van der Waals surface area contributed by atoms with Crippen LogP contribution in [0.4, 0.5) is 0 Å². The number of rotatable bonds is 5. The lowest BCUT2D eigenvalue weighted by Crippen LogP contribution is -2.32. The topological polar surface area (TPSA) is 72.4 Å². The van der Waals surface area contributed by atoms with Gasteiger partial charge in [-0.3, -0.25) is 4.79 Å². The molecule has 0 unspecified atom stereocenters. The predicted molar refractivity (Wildman–Crippen MR) is 83.5 cm³/mol. The molecule has 2 heterocycles. The van der Waals surface area contributed by atoms with Crippen molar-refractivity contribution >= 4 is 5.91 Å². The molecule has 6 heteroatoms. The first-order valence-electron chi connectivity index (χ1n) is 8.00. The van der Waals surface area contributed by atoms with Crippen molar-refractivity contribution in [1.29, 1.82) is 0 Å². The highest BCUT2D eigenvalue weighted by molar-refractivity contribution is 5.81. The molecule has 0 N–H and O–H groups in total. The number of hydrogen-bond acceptors (Lipinski definition) is 5. The van der Waals surface area contributed by atoms with Crippen LogP contribution in [0.3, 0.4) is 0 Å². The van der Waals surface area contributed by atoms with Crippen molar-refractivity contribution in [2.75, 3.05) is 0 Å². The Bertz CT molecular complexity index is 644. The number of aromatic nitrogens is 2. The quantitative estimate of drug-likeness (QED) is 0.847. The molecular weight excluding hydrogens is 294 g/mol. The van der Waals surface area contributed by atoms with E-state index in [1.807, 2.05) is 32.6 Å². The second-order valence-electron chi connectivity index (χ2n) is 6.62. The average Bonchev–Trinajstić information content (AvgIpc) is 3.06. The first kappa shape index (κ1) is 15.8. The fourth-order valence-corrected chi connectivity index (χ4v) is 2.95. The monoisotopic (exact) mass is 317 g/mol. The number of hydrogen-bond donors (Lipinski definition) is 0. The molecule has 6 nitrogen and oxygen atoms in total. The maximum absolute atomic E-state index is 12.8. The van der Waals surface area contributed by atoms with Gasteiger partial charge in [0.05, 0.1) is 24.5 Å². The summed E-state index contributed by atoms with van der Waals surface area (Å²) in [4.78, 5) is 14.7. The highest BCUT2D eigenvalue weighted by Crippen LogP contribution is 2.40. The number of aryl methyl sites for hydroxylation is 4. The number of amides is 1. The van der Waals surface area contributed by atoms with E-state index in [1.54, 1.807) is 0 Å². The van der Waals surface area contributed by atoms with E-state index in [1.165, 1.54) is 0 Å². The zero-order valence-corrected chi connectivity index (χ0v) is 14.3. The molecule has 3 rings (SSSR count). The first-order chi connectivity index (χ1) is 10.9. The first-order valence-corrected chi connectivity index (χ1v) is 8.00. The van der Waals surface area contributed by atoms with E-state index in [9.17, 15) is 4.79 Å². The summed E-state index contributed by atoms with van der Waals surface area (Å²) in [6, 6.07) is 0. The van der Waals surface area contributed by atoms with Crippen LogP contribution in [-0.4, -0.2) is 21.1 Å². The minimum atomic E-state index is 0.135. The Morgan fingerprint density at radius 3 is 1.78 bits per heavy atom. The summed E-state index contributed by atoms with van der Waals surface area (Å²) in [5.41, 5.74) is 3.64. The van der Waals surface area contributed by atoms with Gasteiger partial charge in [0.25, 0.3) is 0 Å². The molecule has 0 spiro atoms. The summed E-state index contributed by atoms with van der Waals surface area (Å²) in [6.07, 6.45) is 0.971. The summed E-state index contributed by atoms with van der Waals surface area (Å²) < 4.78 is 10.5. The summed E-state index contributed by atoms with van der Waals surface area (Å²) in [5.74, 6) is 2.33. The van der Waals surface area contributed by atoms with Crippen LogP contribution < -0.4 is 0 Å². The number of carbonyl (C=O) groups is 1. The molecule has 2 atom stereocenters. The molecule has 2 aromatic heterocycles. The van der Waals surface area contributed by atoms with Crippen LogP contribution in [-0.2, 0) is 17.9 Å². The molecule has 2 aromatic rings. The third-order valence-electron chi connectivity index (χ3n) is 4.80. The minimum absolute atomic E-state index is 0.135. The van der Waals surface area contributed by atoms with Gasteiger partial charge in [0, 0.05) is 17.0 Å². The van der Waals surface area contributed by atoms with E-state index in [4.69, 9.17) is 9.05 Å². The van der Waals surface area contributed by atoms with E-state index < -0.39 is 0 Å². The van der Waals surface area contributed by atoms with Gasteiger partial charge in [-0.25, -0.2) is 0 Å². The van der Waals surface area contributed by atoms with Crippen molar-refractivity contribution < 1.29 is 13.8 Å². The Labute approximate surface area is 135 Å². The second-order valence-corrected chi connectivity index (χ2v) is 6.62. The Morgan fingerprint density at radius 1 is 1.04 bits per heavy atom. The van der Waals surface area contributed by atoms with Crippen LogP contribution in [0, 0.1) is 39.5 Å². The van der Waals surface area contributed by atoms with Crippen molar-refractivity contribution in [3.63, 3.8) is 0 Å². The normalized spacial score (nSPS) is 19.9. The van der Waals surface area contributed by atoms with E-state index in [0.717, 1.165) is 40.5 Å². The predicted octanol–water partition coefficient (Wildman–Crippen LogP) is 3.08. The third-order valence-corrected chi connectivity index (χ3v) is 4.80. The zero-order chi connectivity index (χ0) is 16.7. The summed E-state index contributed by atoms with van der Waals surface area (Å²) >= 11 is 0. The molecule has 0 aliphatic heterocycles. The van der Waals surface area contributed by atoms with Gasteiger partial charge in [0.1, 0.15) is 11.5 Å². The lowest BCUT2D eigenvalue weighted by Gasteiger charge is -2.23. The molecule has 1 saturated carbocycles. The molecule has 0 radical (unpaired) electrons. The van der Waals surface area contributed by atoms with Gasteiger partial charge < -0.3 is 13.9 Å². The van der Waals surface area contributed by atoms with Gasteiger partial charge in [0.2, 0.25) is 5.91 Å². The minimum Gasteiger partial charge on any atom is -0.361 e. The van der Waals surface area contributed by atoms with Gasteiger partial charge in [-0.1, -0.05) is 17.2 Å². The molecule has 1 aliphatic carbocycles. The van der Waals surface area contributed by atoms with Crippen LogP contribution in [0.15, 0.2) is 9.05 Å². The molecule has 23 heavy (non-hydrogen) atoms. The van der Waals surface area contributed by atoms with Crippen molar-refractivity contribution in [3.05, 3.63) is 34.0 Å². The van der Waals surface area contributed by atoms with Crippen molar-refractivity contribution in [1.82, 2.24) is 15.2 Å². The highest BCUT2D eigenvalue weighted by atomic mass is 16.5. The van der Waals surface area contributed by atoms with Crippen LogP contribution in [0.2, 0.25) is 0 Å². The third kappa shape index (κ3) is 3.02. The largest absolute Gasteiger partial charge is 0.361 e. The second kappa shape index (κ2) is 5.83. The highest BCUT2D eigenvalue weighted by Gasteiger charge is 2.42. The number of carbonyl (C=O) groups excluding carboxylic acids is 1. The SMILES string of the molecule is Cc1noc(C)c1CN(Cc1c(C)noc1C)C(=O)[C@@H]1C[C@H]1C. The van der Waals surface area contributed by atoms with Gasteiger partial charge in [-0.15, -0.1) is 0 Å². The summed E-state index contributed by atoms with van der Waals surface area (Å²) in [7, 11) is 0. The molecule has 124 valence electrons. The van der Waals surface area contributed by atoms with Crippen LogP contribution in [0.25, 0.3) is 0 Å². The van der Waals surface area contributed by atoms with Gasteiger partial charge in [-0.2, -0.15) is 0 Å². The fourth-order valence-electron chi connectivity index (χ4n) is 2.95. The van der Waals surface area contributed by atoms with Crippen molar-refractivity contribution in [2.24, 2.45) is 11.8 Å². The molecule has 1 aliphatic rings. The van der Waals surface area contributed by atoms with Crippen molar-refractivity contribution in [2.45, 2.75) is 54.1 Å². The Morgan fingerprint density at radius 2 is 1.48 bits per heavy atom. The number of nitrogens with zero attached hydrogens (tertiary/aromatic N) is 3. The van der Waals surface area contributed by atoms with Crippen LogP contribution in [0.1, 0.15) is 47.4 Å². The Kier molecular flexibility index (Phi) is 4.00. The molecule has 1 amide bonds. The van der Waals surface area contributed by atoms with E-state index in [0.29, 0.717) is 19.0 Å². The molecule has 0 aromatic carbocycles. The lowest BCUT2D eigenvalue weighted by atomic mass is 10.1. The maximum atomic E-state index is 12.8. The Balaban J connectivity index is 1.86. The molecule has 0 saturated heterocycles. The molecule has 1 fully saturated rings. The van der Waals surface area contributed by atoms with Gasteiger partial charge >= 0.3 is 0 Å². The van der Waals surface area contributed by atoms with E-state index in [2.05, 4.69) is 17.2 Å². The Hall–Kier alpha value is -2.11. The van der Waals surface area contributed by atoms with E-state index >= 15 is 0 Å². The maximum Gasteiger partial charge on any atom is 0.226 e. The van der Waals surface area contributed by atoms with Crippen LogP contribution >= 0.6 is 0 Å². The van der Waals surface area contributed by atoms with E-state index in [-0.39, 0.29) is 11.8 Å². The van der Waals surface area contributed by atoms with Crippen LogP contribution in [0.5, 0.6) is 0 Å². The fraction of sp³-hybridized carbons (Fsp3) is 0.588. The standard InChI is InChI=1S/C17H23N3O3/c1-9-6-14(9)17(21)20(7-15-10(2)18-22-12(15)4)8-16-11(3)19-23-13(16)5/h9,14H,6-8H2,1-5H3/t9-,14-/m1/s1. The zero-order valence-electron chi connectivity index (χ0n) is 14.3. The summed E-state index contributed by atoms with van der Waals surface area (Å²) in [6.45, 7) is 10.7. The molecule has 0 bridgehead atoms. The van der Waals surface area contributed by atoms with Gasteiger partial charge in [-0.05, 0) is 40.0 Å². The van der Waals surface area contributed by atoms with Gasteiger partial charge in [0.15, 0.2) is 0 Å². The lowest BCUT2D eigenvalue weighted by molar-refractivity contribution is -0.134. The summed E-state index contributed by atoms with van der Waals surface area (Å²) in [5, 5.41) is 7.98. The molecular formula is C17H23N3O3. The smallest absolute Gasteiger partial charge is 0.226 e. The average molecular weight is 317 g/mol. The van der Waals surface area contributed by atoms with Crippen molar-refractivity contribution in [3.8, 4) is 0 Å².